The Morgan fingerprint density at radius 2 is 2.05 bits per heavy atom. The van der Waals surface area contributed by atoms with E-state index in [1.54, 1.807) is 18.2 Å². The molecule has 4 heteroatoms. The highest BCUT2D eigenvalue weighted by atomic mass is 19.1. The van der Waals surface area contributed by atoms with Gasteiger partial charge in [-0.3, -0.25) is 0 Å². The van der Waals surface area contributed by atoms with Crippen LogP contribution in [0, 0.1) is 11.7 Å². The largest absolute Gasteiger partial charge is 0.494 e. The molecule has 3 nitrogen and oxygen atoms in total. The molecule has 0 spiro atoms. The van der Waals surface area contributed by atoms with Crippen molar-refractivity contribution in [3.63, 3.8) is 0 Å². The molecular weight excluding hydrogens is 269 g/mol. The molecule has 0 fully saturated rings. The van der Waals surface area contributed by atoms with Crippen molar-refractivity contribution in [2.75, 3.05) is 13.7 Å². The van der Waals surface area contributed by atoms with E-state index in [2.05, 4.69) is 0 Å². The first-order chi connectivity index (χ1) is 10.2. The SMILES string of the molecule is COc1cccc(C(N)C2COc3ccccc3C2)c1F. The van der Waals surface area contributed by atoms with E-state index in [9.17, 15) is 4.39 Å². The molecule has 2 aromatic rings. The Bertz CT molecular complexity index is 644. The summed E-state index contributed by atoms with van der Waals surface area (Å²) < 4.78 is 25.1. The van der Waals surface area contributed by atoms with Crippen LogP contribution in [0.1, 0.15) is 17.2 Å². The second-order valence-electron chi connectivity index (χ2n) is 5.27. The number of halogens is 1. The second-order valence-corrected chi connectivity index (χ2v) is 5.27. The lowest BCUT2D eigenvalue weighted by Gasteiger charge is -2.30. The predicted octanol–water partition coefficient (Wildman–Crippen LogP) is 3.09. The van der Waals surface area contributed by atoms with E-state index in [0.29, 0.717) is 12.2 Å². The summed E-state index contributed by atoms with van der Waals surface area (Å²) in [6.07, 6.45) is 0.786. The van der Waals surface area contributed by atoms with Gasteiger partial charge in [-0.2, -0.15) is 0 Å². The Balaban J connectivity index is 1.85. The summed E-state index contributed by atoms with van der Waals surface area (Å²) in [6.45, 7) is 0.495. The van der Waals surface area contributed by atoms with Gasteiger partial charge < -0.3 is 15.2 Å². The fourth-order valence-electron chi connectivity index (χ4n) is 2.78. The average molecular weight is 287 g/mol. The Labute approximate surface area is 123 Å². The predicted molar refractivity (Wildman–Crippen MR) is 79.0 cm³/mol. The fourth-order valence-corrected chi connectivity index (χ4v) is 2.78. The van der Waals surface area contributed by atoms with Crippen molar-refractivity contribution in [3.8, 4) is 11.5 Å². The highest BCUT2D eigenvalue weighted by Gasteiger charge is 2.28. The molecule has 0 saturated carbocycles. The molecule has 0 saturated heterocycles. The number of rotatable bonds is 3. The van der Waals surface area contributed by atoms with Gasteiger partial charge in [-0.05, 0) is 24.1 Å². The molecule has 110 valence electrons. The van der Waals surface area contributed by atoms with Crippen LogP contribution in [0.4, 0.5) is 4.39 Å². The third kappa shape index (κ3) is 2.59. The normalized spacial score (nSPS) is 18.5. The summed E-state index contributed by atoms with van der Waals surface area (Å²) >= 11 is 0. The van der Waals surface area contributed by atoms with Crippen molar-refractivity contribution in [1.82, 2.24) is 0 Å². The Kier molecular flexibility index (Phi) is 3.80. The highest BCUT2D eigenvalue weighted by Crippen LogP contribution is 2.34. The van der Waals surface area contributed by atoms with Crippen molar-refractivity contribution >= 4 is 0 Å². The molecule has 2 aromatic carbocycles. The number of para-hydroxylation sites is 1. The van der Waals surface area contributed by atoms with Crippen LogP contribution in [0.5, 0.6) is 11.5 Å². The topological polar surface area (TPSA) is 44.5 Å². The summed E-state index contributed by atoms with van der Waals surface area (Å²) in [6, 6.07) is 12.5. The van der Waals surface area contributed by atoms with E-state index >= 15 is 0 Å². The highest BCUT2D eigenvalue weighted by molar-refractivity contribution is 5.37. The van der Waals surface area contributed by atoms with Crippen LogP contribution in [-0.4, -0.2) is 13.7 Å². The number of benzene rings is 2. The first kappa shape index (κ1) is 13.9. The summed E-state index contributed by atoms with van der Waals surface area (Å²) in [4.78, 5) is 0. The number of hydrogen-bond acceptors (Lipinski definition) is 3. The van der Waals surface area contributed by atoms with Gasteiger partial charge in [0.05, 0.1) is 13.7 Å². The quantitative estimate of drug-likeness (QED) is 0.943. The van der Waals surface area contributed by atoms with Gasteiger partial charge in [-0.1, -0.05) is 30.3 Å². The zero-order chi connectivity index (χ0) is 14.8. The smallest absolute Gasteiger partial charge is 0.169 e. The minimum absolute atomic E-state index is 0.0431. The van der Waals surface area contributed by atoms with E-state index in [0.717, 1.165) is 17.7 Å². The maximum Gasteiger partial charge on any atom is 0.169 e. The molecule has 3 rings (SSSR count). The fraction of sp³-hybridized carbons (Fsp3) is 0.294. The summed E-state index contributed by atoms with van der Waals surface area (Å²) in [5.41, 5.74) is 7.87. The van der Waals surface area contributed by atoms with Gasteiger partial charge in [-0.25, -0.2) is 4.39 Å². The lowest BCUT2D eigenvalue weighted by atomic mass is 9.87. The third-order valence-corrected chi connectivity index (χ3v) is 3.99. The minimum Gasteiger partial charge on any atom is -0.494 e. The Morgan fingerprint density at radius 3 is 2.86 bits per heavy atom. The standard InChI is InChI=1S/C17H18FNO2/c1-20-15-8-4-6-13(16(15)18)17(19)12-9-11-5-2-3-7-14(11)21-10-12/h2-8,12,17H,9-10,19H2,1H3. The lowest BCUT2D eigenvalue weighted by Crippen LogP contribution is -2.32. The number of fused-ring (bicyclic) bond motifs is 1. The second kappa shape index (κ2) is 5.74. The molecule has 2 unspecified atom stereocenters. The first-order valence-corrected chi connectivity index (χ1v) is 6.99. The zero-order valence-electron chi connectivity index (χ0n) is 11.9. The molecule has 2 N–H and O–H groups in total. The van der Waals surface area contributed by atoms with Crippen molar-refractivity contribution in [2.45, 2.75) is 12.5 Å². The third-order valence-electron chi connectivity index (χ3n) is 3.99. The van der Waals surface area contributed by atoms with Crippen LogP contribution in [0.2, 0.25) is 0 Å². The monoisotopic (exact) mass is 287 g/mol. The first-order valence-electron chi connectivity index (χ1n) is 6.99. The molecule has 0 aromatic heterocycles. The van der Waals surface area contributed by atoms with E-state index < -0.39 is 6.04 Å². The maximum atomic E-state index is 14.3. The molecule has 0 bridgehead atoms. The molecule has 0 aliphatic carbocycles. The van der Waals surface area contributed by atoms with Gasteiger partial charge in [-0.15, -0.1) is 0 Å². The van der Waals surface area contributed by atoms with E-state index in [1.165, 1.54) is 7.11 Å². The van der Waals surface area contributed by atoms with E-state index in [4.69, 9.17) is 15.2 Å². The molecular formula is C17H18FNO2. The van der Waals surface area contributed by atoms with E-state index in [1.807, 2.05) is 24.3 Å². The number of ether oxygens (including phenoxy) is 2. The van der Waals surface area contributed by atoms with Crippen molar-refractivity contribution in [1.29, 1.82) is 0 Å². The van der Waals surface area contributed by atoms with Crippen molar-refractivity contribution < 1.29 is 13.9 Å². The molecule has 1 aliphatic rings. The number of nitrogens with two attached hydrogens (primary N) is 1. The number of hydrogen-bond donors (Lipinski definition) is 1. The zero-order valence-corrected chi connectivity index (χ0v) is 11.9. The summed E-state index contributed by atoms with van der Waals surface area (Å²) in [5.74, 6) is 0.778. The maximum absolute atomic E-state index is 14.3. The number of methoxy groups -OCH3 is 1. The Morgan fingerprint density at radius 1 is 1.24 bits per heavy atom. The van der Waals surface area contributed by atoms with Gasteiger partial charge in [0, 0.05) is 17.5 Å². The molecule has 1 heterocycles. The van der Waals surface area contributed by atoms with Crippen LogP contribution in [0.3, 0.4) is 0 Å². The van der Waals surface area contributed by atoms with Gasteiger partial charge in [0.15, 0.2) is 11.6 Å². The van der Waals surface area contributed by atoms with E-state index in [-0.39, 0.29) is 17.5 Å². The van der Waals surface area contributed by atoms with Gasteiger partial charge in [0.2, 0.25) is 0 Å². The molecule has 0 radical (unpaired) electrons. The molecule has 21 heavy (non-hydrogen) atoms. The average Bonchev–Trinajstić information content (AvgIpc) is 2.54. The van der Waals surface area contributed by atoms with Crippen molar-refractivity contribution in [3.05, 3.63) is 59.4 Å². The lowest BCUT2D eigenvalue weighted by molar-refractivity contribution is 0.198. The summed E-state index contributed by atoms with van der Waals surface area (Å²) in [7, 11) is 1.45. The van der Waals surface area contributed by atoms with Crippen LogP contribution in [0.25, 0.3) is 0 Å². The van der Waals surface area contributed by atoms with Crippen LogP contribution in [-0.2, 0) is 6.42 Å². The molecule has 2 atom stereocenters. The molecule has 0 amide bonds. The van der Waals surface area contributed by atoms with Gasteiger partial charge >= 0.3 is 0 Å². The Hall–Kier alpha value is -2.07. The molecule has 1 aliphatic heterocycles. The van der Waals surface area contributed by atoms with Gasteiger partial charge in [0.25, 0.3) is 0 Å². The van der Waals surface area contributed by atoms with Crippen LogP contribution < -0.4 is 15.2 Å². The van der Waals surface area contributed by atoms with Crippen molar-refractivity contribution in [2.24, 2.45) is 11.7 Å². The van der Waals surface area contributed by atoms with Gasteiger partial charge in [0.1, 0.15) is 5.75 Å². The van der Waals surface area contributed by atoms with Crippen LogP contribution >= 0.6 is 0 Å². The van der Waals surface area contributed by atoms with Crippen LogP contribution in [0.15, 0.2) is 42.5 Å². The minimum atomic E-state index is -0.423. The summed E-state index contributed by atoms with van der Waals surface area (Å²) in [5, 5.41) is 0.